The molecule has 1 fully saturated rings. The minimum atomic E-state index is -4.52. The van der Waals surface area contributed by atoms with Crippen LogP contribution in [0.2, 0.25) is 0 Å². The molecule has 0 spiro atoms. The summed E-state index contributed by atoms with van der Waals surface area (Å²) >= 11 is 0. The van der Waals surface area contributed by atoms with Crippen molar-refractivity contribution < 1.29 is 17.9 Å². The molecule has 0 amide bonds. The van der Waals surface area contributed by atoms with Crippen molar-refractivity contribution in [3.8, 4) is 6.07 Å². The van der Waals surface area contributed by atoms with Gasteiger partial charge in [-0.2, -0.15) is 18.4 Å². The van der Waals surface area contributed by atoms with Crippen LogP contribution in [0.3, 0.4) is 0 Å². The zero-order valence-electron chi connectivity index (χ0n) is 11.2. The summed E-state index contributed by atoms with van der Waals surface area (Å²) in [5, 5.41) is 12.1. The fourth-order valence-electron chi connectivity index (χ4n) is 2.29. The minimum Gasteiger partial charge on any atom is -0.377 e. The van der Waals surface area contributed by atoms with Gasteiger partial charge in [-0.1, -0.05) is 0 Å². The van der Waals surface area contributed by atoms with Crippen LogP contribution in [0, 0.1) is 11.3 Å². The van der Waals surface area contributed by atoms with Crippen LogP contribution in [0.1, 0.15) is 31.4 Å². The zero-order chi connectivity index (χ0) is 15.0. The smallest absolute Gasteiger partial charge is 0.377 e. The number of nitriles is 1. The lowest BCUT2D eigenvalue weighted by molar-refractivity contribution is -0.137. The Bertz CT molecular complexity index is 550. The first-order chi connectivity index (χ1) is 9.26. The molecule has 0 aromatic heterocycles. The predicted molar refractivity (Wildman–Crippen MR) is 68.2 cm³/mol. The molecule has 0 bridgehead atoms. The van der Waals surface area contributed by atoms with E-state index in [2.05, 4.69) is 5.32 Å². The van der Waals surface area contributed by atoms with E-state index in [-0.39, 0.29) is 17.2 Å². The molecule has 1 heterocycles. The summed E-state index contributed by atoms with van der Waals surface area (Å²) in [6, 6.07) is 5.12. The van der Waals surface area contributed by atoms with Crippen LogP contribution in [-0.2, 0) is 10.9 Å². The second-order valence-electron chi connectivity index (χ2n) is 5.18. The molecule has 6 heteroatoms. The fraction of sp³-hybridized carbons (Fsp3) is 0.500. The Kier molecular flexibility index (Phi) is 3.65. The number of rotatable bonds is 2. The molecule has 20 heavy (non-hydrogen) atoms. The van der Waals surface area contributed by atoms with Crippen molar-refractivity contribution in [2.75, 3.05) is 11.9 Å². The van der Waals surface area contributed by atoms with Crippen LogP contribution in [0.15, 0.2) is 18.2 Å². The number of hydrogen-bond donors (Lipinski definition) is 1. The second-order valence-corrected chi connectivity index (χ2v) is 5.18. The molecule has 3 nitrogen and oxygen atoms in total. The topological polar surface area (TPSA) is 45.0 Å². The summed E-state index contributed by atoms with van der Waals surface area (Å²) in [6.07, 6.45) is -3.80. The molecule has 1 aliphatic heterocycles. The monoisotopic (exact) mass is 284 g/mol. The van der Waals surface area contributed by atoms with Crippen molar-refractivity contribution in [1.29, 1.82) is 5.26 Å². The van der Waals surface area contributed by atoms with Gasteiger partial charge in [0, 0.05) is 12.3 Å². The van der Waals surface area contributed by atoms with Gasteiger partial charge in [0.2, 0.25) is 0 Å². The third-order valence-electron chi connectivity index (χ3n) is 3.76. The molecule has 2 atom stereocenters. The van der Waals surface area contributed by atoms with E-state index >= 15 is 0 Å². The Morgan fingerprint density at radius 1 is 1.45 bits per heavy atom. The van der Waals surface area contributed by atoms with Gasteiger partial charge in [0.05, 0.1) is 28.8 Å². The molecule has 1 N–H and O–H groups in total. The molecule has 1 saturated heterocycles. The lowest BCUT2D eigenvalue weighted by Crippen LogP contribution is -2.41. The molecule has 2 rings (SSSR count). The number of anilines is 1. The SMILES string of the molecule is CC1OCCC1(C)Nc1ccc(C(F)(F)F)c(C#N)c1. The van der Waals surface area contributed by atoms with Crippen LogP contribution in [0.4, 0.5) is 18.9 Å². The van der Waals surface area contributed by atoms with Gasteiger partial charge in [-0.15, -0.1) is 0 Å². The van der Waals surface area contributed by atoms with Crippen molar-refractivity contribution in [2.24, 2.45) is 0 Å². The van der Waals surface area contributed by atoms with Crippen molar-refractivity contribution in [2.45, 2.75) is 38.1 Å². The Balaban J connectivity index is 2.30. The average Bonchev–Trinajstić information content (AvgIpc) is 2.67. The third kappa shape index (κ3) is 2.73. The van der Waals surface area contributed by atoms with Gasteiger partial charge in [-0.25, -0.2) is 0 Å². The molecule has 0 radical (unpaired) electrons. The first-order valence-electron chi connectivity index (χ1n) is 6.27. The lowest BCUT2D eigenvalue weighted by atomic mass is 9.94. The predicted octanol–water partition coefficient (Wildman–Crippen LogP) is 3.56. The normalized spacial score (nSPS) is 26.3. The summed E-state index contributed by atoms with van der Waals surface area (Å²) in [7, 11) is 0. The molecule has 1 aliphatic rings. The Morgan fingerprint density at radius 3 is 2.65 bits per heavy atom. The van der Waals surface area contributed by atoms with E-state index < -0.39 is 11.7 Å². The summed E-state index contributed by atoms with van der Waals surface area (Å²) in [6.45, 7) is 4.47. The largest absolute Gasteiger partial charge is 0.417 e. The van der Waals surface area contributed by atoms with Gasteiger partial charge < -0.3 is 10.1 Å². The molecule has 0 aliphatic carbocycles. The standard InChI is InChI=1S/C14H15F3N2O/c1-9-13(2,5-6-20-9)19-11-3-4-12(14(15,16)17)10(7-11)8-18/h3-4,7,9,19H,5-6H2,1-2H3. The zero-order valence-corrected chi connectivity index (χ0v) is 11.2. The maximum absolute atomic E-state index is 12.7. The first-order valence-corrected chi connectivity index (χ1v) is 6.27. The highest BCUT2D eigenvalue weighted by Crippen LogP contribution is 2.35. The molecule has 1 aromatic carbocycles. The summed E-state index contributed by atoms with van der Waals surface area (Å²) in [5.41, 5.74) is -1.13. The van der Waals surface area contributed by atoms with Crippen molar-refractivity contribution >= 4 is 5.69 Å². The summed E-state index contributed by atoms with van der Waals surface area (Å²) < 4.78 is 43.6. The van der Waals surface area contributed by atoms with Gasteiger partial charge in [0.25, 0.3) is 0 Å². The fourth-order valence-corrected chi connectivity index (χ4v) is 2.29. The average molecular weight is 284 g/mol. The Morgan fingerprint density at radius 2 is 2.15 bits per heavy atom. The van der Waals surface area contributed by atoms with E-state index in [0.29, 0.717) is 12.3 Å². The van der Waals surface area contributed by atoms with Crippen LogP contribution in [-0.4, -0.2) is 18.2 Å². The molecule has 1 aromatic rings. The van der Waals surface area contributed by atoms with E-state index in [1.165, 1.54) is 12.1 Å². The second kappa shape index (κ2) is 4.98. The van der Waals surface area contributed by atoms with E-state index in [9.17, 15) is 13.2 Å². The highest BCUT2D eigenvalue weighted by atomic mass is 19.4. The van der Waals surface area contributed by atoms with Gasteiger partial charge in [-0.3, -0.25) is 0 Å². The van der Waals surface area contributed by atoms with Gasteiger partial charge in [-0.05, 0) is 38.5 Å². The van der Waals surface area contributed by atoms with Crippen molar-refractivity contribution in [3.05, 3.63) is 29.3 Å². The van der Waals surface area contributed by atoms with Crippen LogP contribution >= 0.6 is 0 Å². The molecule has 2 unspecified atom stereocenters. The number of alkyl halides is 3. The number of nitrogens with zero attached hydrogens (tertiary/aromatic N) is 1. The minimum absolute atomic E-state index is 0.0460. The third-order valence-corrected chi connectivity index (χ3v) is 3.76. The number of benzene rings is 1. The maximum atomic E-state index is 12.7. The molecular formula is C14H15F3N2O. The number of halogens is 3. The van der Waals surface area contributed by atoms with E-state index in [0.717, 1.165) is 12.5 Å². The molecule has 0 saturated carbocycles. The van der Waals surface area contributed by atoms with Gasteiger partial charge in [0.15, 0.2) is 0 Å². The van der Waals surface area contributed by atoms with Gasteiger partial charge in [0.1, 0.15) is 0 Å². The maximum Gasteiger partial charge on any atom is 0.417 e. The number of ether oxygens (including phenoxy) is 1. The van der Waals surface area contributed by atoms with E-state index in [1.807, 2.05) is 13.8 Å². The highest BCUT2D eigenvalue weighted by Gasteiger charge is 2.38. The van der Waals surface area contributed by atoms with E-state index in [4.69, 9.17) is 10.00 Å². The van der Waals surface area contributed by atoms with Crippen LogP contribution < -0.4 is 5.32 Å². The highest BCUT2D eigenvalue weighted by molar-refractivity contribution is 5.55. The molecule has 108 valence electrons. The lowest BCUT2D eigenvalue weighted by Gasteiger charge is -2.30. The van der Waals surface area contributed by atoms with Crippen molar-refractivity contribution in [3.63, 3.8) is 0 Å². The molecular weight excluding hydrogens is 269 g/mol. The quantitative estimate of drug-likeness (QED) is 0.903. The van der Waals surface area contributed by atoms with Crippen molar-refractivity contribution in [1.82, 2.24) is 0 Å². The summed E-state index contributed by atoms with van der Waals surface area (Å²) in [4.78, 5) is 0. The van der Waals surface area contributed by atoms with E-state index in [1.54, 1.807) is 6.07 Å². The summed E-state index contributed by atoms with van der Waals surface area (Å²) in [5.74, 6) is 0. The Hall–Kier alpha value is -1.74. The Labute approximate surface area is 115 Å². The van der Waals surface area contributed by atoms with Crippen LogP contribution in [0.5, 0.6) is 0 Å². The van der Waals surface area contributed by atoms with Gasteiger partial charge >= 0.3 is 6.18 Å². The van der Waals surface area contributed by atoms with Crippen LogP contribution in [0.25, 0.3) is 0 Å². The number of nitrogens with one attached hydrogen (secondary N) is 1. The number of hydrogen-bond acceptors (Lipinski definition) is 3. The first kappa shape index (κ1) is 14.7.